The summed E-state index contributed by atoms with van der Waals surface area (Å²) in [7, 11) is -2.27. The van der Waals surface area contributed by atoms with Gasteiger partial charge in [-0.2, -0.15) is 0 Å². The first-order chi connectivity index (χ1) is 18.1. The third kappa shape index (κ3) is 12.0. The first-order valence-electron chi connectivity index (χ1n) is 13.0. The lowest BCUT2D eigenvalue weighted by atomic mass is 10.2. The zero-order valence-corrected chi connectivity index (χ0v) is 26.5. The molecule has 0 bridgehead atoms. The molecule has 0 aromatic rings. The molecule has 0 N–H and O–H groups in total. The van der Waals surface area contributed by atoms with Gasteiger partial charge >= 0.3 is 35.8 Å². The third-order valence-corrected chi connectivity index (χ3v) is 10.6. The number of hydrogen-bond acceptors (Lipinski definition) is 13. The molecular formula is C26H44O13Si. The standard InChI is InChI=1S/C26H44O13Si/c1-13-33-20(27)14(2)34-21(28)15(3)35-22(29)16(4)36-23(30)17(5)37-24(31)18(6)38-25(32)19(7)39-40(11,12)26(8,9)10/h14-19H,13H2,1-12H3/t14-,15-,16-,17-,18-,19+/m0/s1. The summed E-state index contributed by atoms with van der Waals surface area (Å²) in [5, 5.41) is -0.143. The highest BCUT2D eigenvalue weighted by atomic mass is 28.4. The fourth-order valence-electron chi connectivity index (χ4n) is 2.52. The Balaban J connectivity index is 4.81. The fourth-order valence-corrected chi connectivity index (χ4v) is 3.85. The van der Waals surface area contributed by atoms with Crippen molar-refractivity contribution in [3.63, 3.8) is 0 Å². The molecule has 0 amide bonds. The number of rotatable bonds is 14. The van der Waals surface area contributed by atoms with E-state index >= 15 is 0 Å². The van der Waals surface area contributed by atoms with Gasteiger partial charge in [-0.25, -0.2) is 28.8 Å². The lowest BCUT2D eigenvalue weighted by molar-refractivity contribution is -0.187. The maximum absolute atomic E-state index is 12.4. The van der Waals surface area contributed by atoms with Crippen LogP contribution in [-0.2, 0) is 61.6 Å². The molecule has 0 aliphatic rings. The summed E-state index contributed by atoms with van der Waals surface area (Å²) in [4.78, 5) is 73.0. The zero-order chi connectivity index (χ0) is 31.6. The Bertz CT molecular complexity index is 924. The van der Waals surface area contributed by atoms with Gasteiger partial charge in [0.2, 0.25) is 0 Å². The van der Waals surface area contributed by atoms with Gasteiger partial charge in [-0.3, -0.25) is 0 Å². The second-order valence-electron chi connectivity index (χ2n) is 10.7. The van der Waals surface area contributed by atoms with Crippen LogP contribution in [0.15, 0.2) is 0 Å². The molecule has 0 saturated carbocycles. The Morgan fingerprint density at radius 3 is 1.02 bits per heavy atom. The number of esters is 6. The second kappa shape index (κ2) is 15.7. The molecule has 0 unspecified atom stereocenters. The van der Waals surface area contributed by atoms with E-state index in [-0.39, 0.29) is 11.6 Å². The molecule has 0 aromatic heterocycles. The van der Waals surface area contributed by atoms with Crippen LogP contribution in [0, 0.1) is 0 Å². The molecule has 14 heteroatoms. The number of carbonyl (C=O) groups is 6. The monoisotopic (exact) mass is 592 g/mol. The highest BCUT2D eigenvalue weighted by Crippen LogP contribution is 2.37. The predicted molar refractivity (Wildman–Crippen MR) is 142 cm³/mol. The van der Waals surface area contributed by atoms with Gasteiger partial charge in [0.1, 0.15) is 6.10 Å². The van der Waals surface area contributed by atoms with Gasteiger partial charge in [-0.05, 0) is 66.6 Å². The van der Waals surface area contributed by atoms with Gasteiger partial charge in [0.15, 0.2) is 38.8 Å². The lowest BCUT2D eigenvalue weighted by Gasteiger charge is -2.37. The predicted octanol–water partition coefficient (Wildman–Crippen LogP) is 2.62. The Morgan fingerprint density at radius 2 is 0.775 bits per heavy atom. The van der Waals surface area contributed by atoms with Crippen molar-refractivity contribution < 1.29 is 61.6 Å². The molecule has 40 heavy (non-hydrogen) atoms. The highest BCUT2D eigenvalue weighted by molar-refractivity contribution is 6.74. The molecule has 6 atom stereocenters. The van der Waals surface area contributed by atoms with E-state index in [0.29, 0.717) is 0 Å². The van der Waals surface area contributed by atoms with E-state index in [4.69, 9.17) is 32.8 Å². The molecule has 13 nitrogen and oxygen atoms in total. The average molecular weight is 593 g/mol. The van der Waals surface area contributed by atoms with E-state index in [1.165, 1.54) is 41.5 Å². The molecule has 0 fully saturated rings. The number of ether oxygens (including phenoxy) is 6. The maximum atomic E-state index is 12.4. The van der Waals surface area contributed by atoms with E-state index < -0.39 is 80.8 Å². The molecule has 0 saturated heterocycles. The van der Waals surface area contributed by atoms with Gasteiger partial charge < -0.3 is 32.8 Å². The van der Waals surface area contributed by atoms with Gasteiger partial charge in [0.25, 0.3) is 0 Å². The molecule has 0 spiro atoms. The van der Waals surface area contributed by atoms with Gasteiger partial charge in [0.05, 0.1) is 6.61 Å². The van der Waals surface area contributed by atoms with Crippen LogP contribution in [0.2, 0.25) is 18.1 Å². The van der Waals surface area contributed by atoms with Crippen molar-refractivity contribution in [3.8, 4) is 0 Å². The van der Waals surface area contributed by atoms with Crippen molar-refractivity contribution in [1.29, 1.82) is 0 Å². The first-order valence-corrected chi connectivity index (χ1v) is 15.9. The van der Waals surface area contributed by atoms with Gasteiger partial charge in [-0.1, -0.05) is 20.8 Å². The molecule has 0 aromatic carbocycles. The van der Waals surface area contributed by atoms with Crippen LogP contribution in [0.1, 0.15) is 69.2 Å². The summed E-state index contributed by atoms with van der Waals surface area (Å²) >= 11 is 0. The van der Waals surface area contributed by atoms with E-state index in [1.807, 2.05) is 33.9 Å². The Kier molecular flexibility index (Phi) is 14.5. The van der Waals surface area contributed by atoms with Crippen LogP contribution < -0.4 is 0 Å². The Morgan fingerprint density at radius 1 is 0.525 bits per heavy atom. The van der Waals surface area contributed by atoms with Crippen LogP contribution in [-0.4, -0.2) is 87.4 Å². The smallest absolute Gasteiger partial charge is 0.347 e. The SMILES string of the molecule is CCOC(=O)[C@H](C)OC(=O)[C@H](C)OC(=O)[C@H](C)OC(=O)[C@H](C)OC(=O)[C@H](C)OC(=O)[C@@H](C)O[Si](C)(C)C(C)(C)C. The second-order valence-corrected chi connectivity index (χ2v) is 15.4. The summed E-state index contributed by atoms with van der Waals surface area (Å²) in [6.45, 7) is 19.4. The summed E-state index contributed by atoms with van der Waals surface area (Å²) in [5.41, 5.74) is 0. The normalized spacial score (nSPS) is 16.2. The summed E-state index contributed by atoms with van der Waals surface area (Å²) in [6, 6.07) is 0. The van der Waals surface area contributed by atoms with E-state index in [9.17, 15) is 28.8 Å². The molecule has 0 aliphatic heterocycles. The molecule has 0 heterocycles. The topological polar surface area (TPSA) is 167 Å². The van der Waals surface area contributed by atoms with Crippen LogP contribution >= 0.6 is 0 Å². The number of hydrogen-bond donors (Lipinski definition) is 0. The largest absolute Gasteiger partial charge is 0.463 e. The molecule has 0 aliphatic carbocycles. The van der Waals surface area contributed by atoms with Crippen molar-refractivity contribution in [2.24, 2.45) is 0 Å². The van der Waals surface area contributed by atoms with Crippen molar-refractivity contribution in [2.75, 3.05) is 6.61 Å². The summed E-state index contributed by atoms with van der Waals surface area (Å²) in [6.07, 6.45) is -7.83. The zero-order valence-electron chi connectivity index (χ0n) is 25.5. The Hall–Kier alpha value is -3.00. The van der Waals surface area contributed by atoms with Crippen LogP contribution in [0.4, 0.5) is 0 Å². The maximum Gasteiger partial charge on any atom is 0.347 e. The van der Waals surface area contributed by atoms with Crippen molar-refractivity contribution >= 4 is 44.1 Å². The molecular weight excluding hydrogens is 548 g/mol. The van der Waals surface area contributed by atoms with E-state index in [2.05, 4.69) is 0 Å². The third-order valence-electron chi connectivity index (χ3n) is 6.02. The fraction of sp³-hybridized carbons (Fsp3) is 0.769. The minimum Gasteiger partial charge on any atom is -0.463 e. The van der Waals surface area contributed by atoms with Gasteiger partial charge in [0, 0.05) is 0 Å². The minimum atomic E-state index is -2.27. The van der Waals surface area contributed by atoms with Crippen LogP contribution in [0.5, 0.6) is 0 Å². The molecule has 230 valence electrons. The van der Waals surface area contributed by atoms with Crippen LogP contribution in [0.25, 0.3) is 0 Å². The van der Waals surface area contributed by atoms with Crippen molar-refractivity contribution in [2.45, 2.75) is 124 Å². The Labute approximate surface area is 236 Å². The summed E-state index contributed by atoms with van der Waals surface area (Å²) < 4.78 is 35.6. The first kappa shape index (κ1) is 37.0. The lowest BCUT2D eigenvalue weighted by Crippen LogP contribution is -2.46. The average Bonchev–Trinajstić information content (AvgIpc) is 2.82. The van der Waals surface area contributed by atoms with E-state index in [0.717, 1.165) is 0 Å². The van der Waals surface area contributed by atoms with Crippen LogP contribution in [0.3, 0.4) is 0 Å². The number of carbonyl (C=O) groups excluding carboxylic acids is 6. The quantitative estimate of drug-likeness (QED) is 0.164. The van der Waals surface area contributed by atoms with Crippen molar-refractivity contribution in [3.05, 3.63) is 0 Å². The minimum absolute atomic E-state index is 0.0948. The highest BCUT2D eigenvalue weighted by Gasteiger charge is 2.40. The van der Waals surface area contributed by atoms with E-state index in [1.54, 1.807) is 6.92 Å². The molecule has 0 rings (SSSR count). The van der Waals surface area contributed by atoms with Crippen molar-refractivity contribution in [1.82, 2.24) is 0 Å². The molecule has 0 radical (unpaired) electrons. The van der Waals surface area contributed by atoms with Gasteiger partial charge in [-0.15, -0.1) is 0 Å². The summed E-state index contributed by atoms with van der Waals surface area (Å²) in [5.74, 6) is -5.72.